The number of nitrogens with two attached hydrogens (primary N) is 1. The maximum atomic E-state index is 10.0. The lowest BCUT2D eigenvalue weighted by Crippen LogP contribution is -2.28. The third kappa shape index (κ3) is 11.3. The van der Waals surface area contributed by atoms with Crippen molar-refractivity contribution < 1.29 is 4.79 Å². The molecule has 4 heteroatoms. The zero-order valence-electron chi connectivity index (χ0n) is 5.52. The summed E-state index contributed by atoms with van der Waals surface area (Å²) >= 11 is 0. The predicted molar refractivity (Wildman–Crippen MR) is 39.6 cm³/mol. The summed E-state index contributed by atoms with van der Waals surface area (Å²) in [6.07, 6.45) is 1.03. The number of halogens is 1. The smallest absolute Gasteiger partial charge is 0.231 e. The molecule has 56 valence electrons. The van der Waals surface area contributed by atoms with Gasteiger partial charge in [0.25, 0.3) is 0 Å². The molecular weight excluding hydrogens is 140 g/mol. The summed E-state index contributed by atoms with van der Waals surface area (Å²) in [5.74, 6) is -0.293. The molecule has 3 nitrogen and oxygen atoms in total. The van der Waals surface area contributed by atoms with E-state index < -0.39 is 0 Å². The van der Waals surface area contributed by atoms with Gasteiger partial charge in [-0.1, -0.05) is 6.92 Å². The minimum atomic E-state index is -0.293. The van der Waals surface area contributed by atoms with Gasteiger partial charge in [0.05, 0.1) is 6.54 Å². The van der Waals surface area contributed by atoms with Crippen LogP contribution >= 0.6 is 12.4 Å². The van der Waals surface area contributed by atoms with E-state index in [-0.39, 0.29) is 18.3 Å². The summed E-state index contributed by atoms with van der Waals surface area (Å²) in [6.45, 7) is 3.20. The van der Waals surface area contributed by atoms with Gasteiger partial charge in [0.15, 0.2) is 0 Å². The summed E-state index contributed by atoms with van der Waals surface area (Å²) < 4.78 is 0. The van der Waals surface area contributed by atoms with E-state index in [1.54, 1.807) is 0 Å². The van der Waals surface area contributed by atoms with E-state index in [9.17, 15) is 4.79 Å². The van der Waals surface area contributed by atoms with Crippen LogP contribution in [0.4, 0.5) is 0 Å². The number of primary amides is 1. The van der Waals surface area contributed by atoms with Crippen molar-refractivity contribution in [2.24, 2.45) is 5.73 Å². The Kier molecular flexibility index (Phi) is 9.87. The van der Waals surface area contributed by atoms with Crippen LogP contribution in [0.3, 0.4) is 0 Å². The van der Waals surface area contributed by atoms with Gasteiger partial charge < -0.3 is 11.1 Å². The molecule has 0 saturated carbocycles. The second-order valence-electron chi connectivity index (χ2n) is 1.64. The third-order valence-corrected chi connectivity index (χ3v) is 0.726. The molecule has 0 radical (unpaired) electrons. The highest BCUT2D eigenvalue weighted by Gasteiger charge is 1.88. The SMILES string of the molecule is CCCNCC(N)=O.Cl. The Hall–Kier alpha value is -0.280. The first-order chi connectivity index (χ1) is 3.77. The largest absolute Gasteiger partial charge is 0.369 e. The van der Waals surface area contributed by atoms with E-state index in [2.05, 4.69) is 5.32 Å². The lowest BCUT2D eigenvalue weighted by atomic mass is 10.5. The number of hydrogen-bond donors (Lipinski definition) is 2. The second-order valence-corrected chi connectivity index (χ2v) is 1.64. The normalized spacial score (nSPS) is 8.11. The Morgan fingerprint density at radius 1 is 1.67 bits per heavy atom. The highest BCUT2D eigenvalue weighted by Crippen LogP contribution is 1.66. The number of hydrogen-bond acceptors (Lipinski definition) is 2. The van der Waals surface area contributed by atoms with Crippen molar-refractivity contribution in [1.29, 1.82) is 0 Å². The standard InChI is InChI=1S/C5H12N2O.ClH/c1-2-3-7-4-5(6)8;/h7H,2-4H2,1H3,(H2,6,8);1H. The minimum Gasteiger partial charge on any atom is -0.369 e. The zero-order valence-corrected chi connectivity index (χ0v) is 6.33. The molecular formula is C5H13ClN2O. The number of carbonyl (C=O) groups is 1. The number of nitrogens with one attached hydrogen (secondary N) is 1. The topological polar surface area (TPSA) is 55.1 Å². The van der Waals surface area contributed by atoms with E-state index in [1.165, 1.54) is 0 Å². The highest BCUT2D eigenvalue weighted by molar-refractivity contribution is 5.85. The van der Waals surface area contributed by atoms with Crippen molar-refractivity contribution in [1.82, 2.24) is 5.32 Å². The number of amides is 1. The molecule has 0 unspecified atom stereocenters. The quantitative estimate of drug-likeness (QED) is 0.553. The summed E-state index contributed by atoms with van der Waals surface area (Å²) in [7, 11) is 0. The van der Waals surface area contributed by atoms with Crippen molar-refractivity contribution in [2.45, 2.75) is 13.3 Å². The van der Waals surface area contributed by atoms with Crippen LogP contribution in [0.15, 0.2) is 0 Å². The van der Waals surface area contributed by atoms with Crippen LogP contribution in [-0.2, 0) is 4.79 Å². The molecule has 1 amide bonds. The Bertz CT molecular complexity index is 77.4. The van der Waals surface area contributed by atoms with Gasteiger partial charge >= 0.3 is 0 Å². The molecule has 0 aliphatic heterocycles. The van der Waals surface area contributed by atoms with Crippen LogP contribution in [-0.4, -0.2) is 19.0 Å². The highest BCUT2D eigenvalue weighted by atomic mass is 35.5. The summed E-state index contributed by atoms with van der Waals surface area (Å²) in [6, 6.07) is 0. The van der Waals surface area contributed by atoms with Gasteiger partial charge in [-0.05, 0) is 13.0 Å². The van der Waals surface area contributed by atoms with Gasteiger partial charge in [-0.25, -0.2) is 0 Å². The van der Waals surface area contributed by atoms with Crippen LogP contribution < -0.4 is 11.1 Å². The molecule has 0 fully saturated rings. The van der Waals surface area contributed by atoms with Gasteiger partial charge in [-0.3, -0.25) is 4.79 Å². The van der Waals surface area contributed by atoms with Crippen molar-refractivity contribution in [2.75, 3.05) is 13.1 Å². The van der Waals surface area contributed by atoms with Crippen molar-refractivity contribution in [3.8, 4) is 0 Å². The van der Waals surface area contributed by atoms with Crippen molar-refractivity contribution in [3.05, 3.63) is 0 Å². The summed E-state index contributed by atoms with van der Waals surface area (Å²) in [5, 5.41) is 2.86. The zero-order chi connectivity index (χ0) is 6.41. The van der Waals surface area contributed by atoms with E-state index >= 15 is 0 Å². The van der Waals surface area contributed by atoms with Gasteiger partial charge in [-0.15, -0.1) is 12.4 Å². The van der Waals surface area contributed by atoms with Crippen LogP contribution in [0.25, 0.3) is 0 Å². The third-order valence-electron chi connectivity index (χ3n) is 0.726. The van der Waals surface area contributed by atoms with E-state index in [0.717, 1.165) is 13.0 Å². The number of rotatable bonds is 4. The first-order valence-corrected chi connectivity index (χ1v) is 2.76. The first-order valence-electron chi connectivity index (χ1n) is 2.76. The average Bonchev–Trinajstić information content (AvgIpc) is 1.66. The van der Waals surface area contributed by atoms with Crippen molar-refractivity contribution in [3.63, 3.8) is 0 Å². The van der Waals surface area contributed by atoms with Gasteiger partial charge in [0.1, 0.15) is 0 Å². The van der Waals surface area contributed by atoms with E-state index in [1.807, 2.05) is 6.92 Å². The Balaban J connectivity index is 0. The molecule has 0 atom stereocenters. The fraction of sp³-hybridized carbons (Fsp3) is 0.800. The van der Waals surface area contributed by atoms with Gasteiger partial charge in [0.2, 0.25) is 5.91 Å². The predicted octanol–water partition coefficient (Wildman–Crippen LogP) is -0.107. The average molecular weight is 153 g/mol. The molecule has 0 spiro atoms. The number of carbonyl (C=O) groups excluding carboxylic acids is 1. The van der Waals surface area contributed by atoms with Crippen LogP contribution in [0.2, 0.25) is 0 Å². The summed E-state index contributed by atoms with van der Waals surface area (Å²) in [5.41, 5.74) is 4.83. The fourth-order valence-electron chi connectivity index (χ4n) is 0.388. The molecule has 0 aliphatic rings. The molecule has 9 heavy (non-hydrogen) atoms. The molecule has 0 bridgehead atoms. The second kappa shape index (κ2) is 7.72. The van der Waals surface area contributed by atoms with E-state index in [0.29, 0.717) is 6.54 Å². The Labute approximate surface area is 61.4 Å². The maximum absolute atomic E-state index is 10.0. The molecule has 0 rings (SSSR count). The molecule has 0 heterocycles. The van der Waals surface area contributed by atoms with Crippen LogP contribution in [0.1, 0.15) is 13.3 Å². The molecule has 0 aliphatic carbocycles. The minimum absolute atomic E-state index is 0. The van der Waals surface area contributed by atoms with E-state index in [4.69, 9.17) is 5.73 Å². The molecule has 0 aromatic heterocycles. The maximum Gasteiger partial charge on any atom is 0.231 e. The Morgan fingerprint density at radius 3 is 2.56 bits per heavy atom. The van der Waals surface area contributed by atoms with Gasteiger partial charge in [0, 0.05) is 0 Å². The molecule has 0 aromatic carbocycles. The van der Waals surface area contributed by atoms with Crippen LogP contribution in [0, 0.1) is 0 Å². The first kappa shape index (κ1) is 11.5. The molecule has 0 aromatic rings. The monoisotopic (exact) mass is 152 g/mol. The Morgan fingerprint density at radius 2 is 2.22 bits per heavy atom. The lowest BCUT2D eigenvalue weighted by molar-refractivity contribution is -0.117. The molecule has 3 N–H and O–H groups in total. The van der Waals surface area contributed by atoms with Gasteiger partial charge in [-0.2, -0.15) is 0 Å². The lowest BCUT2D eigenvalue weighted by Gasteiger charge is -1.95. The fourth-order valence-corrected chi connectivity index (χ4v) is 0.388. The van der Waals surface area contributed by atoms with Crippen molar-refractivity contribution >= 4 is 18.3 Å². The molecule has 0 saturated heterocycles. The van der Waals surface area contributed by atoms with Crippen LogP contribution in [0.5, 0.6) is 0 Å². The summed E-state index contributed by atoms with van der Waals surface area (Å²) in [4.78, 5) is 10.0.